The second-order valence-corrected chi connectivity index (χ2v) is 6.37. The van der Waals surface area contributed by atoms with Gasteiger partial charge < -0.3 is 14.8 Å². The summed E-state index contributed by atoms with van der Waals surface area (Å²) < 4.78 is 0. The molecule has 1 fully saturated rings. The van der Waals surface area contributed by atoms with Gasteiger partial charge in [-0.2, -0.15) is 0 Å². The zero-order chi connectivity index (χ0) is 15.1. The lowest BCUT2D eigenvalue weighted by Crippen LogP contribution is -2.52. The number of fused-ring (bicyclic) bond motifs is 1. The first-order valence-electron chi connectivity index (χ1n) is 6.94. The van der Waals surface area contributed by atoms with E-state index < -0.39 is 0 Å². The number of carbonyl (C=O) groups is 1. The molecule has 1 aromatic heterocycles. The average molecular weight is 326 g/mol. The monoisotopic (exact) mass is 325 g/mol. The van der Waals surface area contributed by atoms with E-state index >= 15 is 0 Å². The highest BCUT2D eigenvalue weighted by atomic mass is 35.5. The highest BCUT2D eigenvalue weighted by Gasteiger charge is 2.29. The number of aromatic amines is 1. The maximum Gasteiger partial charge on any atom is 0.272 e. The number of hydrogen-bond acceptors (Lipinski definition) is 2. The first-order valence-corrected chi connectivity index (χ1v) is 7.70. The van der Waals surface area contributed by atoms with Gasteiger partial charge in [-0.1, -0.05) is 29.3 Å². The van der Waals surface area contributed by atoms with Crippen molar-refractivity contribution < 1.29 is 4.79 Å². The van der Waals surface area contributed by atoms with E-state index in [1.54, 1.807) is 6.07 Å². The maximum absolute atomic E-state index is 12.8. The number of likely N-dealkylation sites (N-methyl/N-ethyl adjacent to an activating group) is 1. The minimum absolute atomic E-state index is 0.0622. The minimum atomic E-state index is -0.0622. The predicted octanol–water partition coefficient (Wildman–Crippen LogP) is 3.25. The molecule has 21 heavy (non-hydrogen) atoms. The van der Waals surface area contributed by atoms with Gasteiger partial charge in [0.15, 0.2) is 0 Å². The fraction of sp³-hybridized carbons (Fsp3) is 0.400. The number of rotatable bonds is 1. The number of halogens is 2. The Hall–Kier alpha value is -1.23. The highest BCUT2D eigenvalue weighted by Crippen LogP contribution is 2.34. The van der Waals surface area contributed by atoms with Crippen LogP contribution in [0.2, 0.25) is 10.0 Å². The zero-order valence-electron chi connectivity index (χ0n) is 12.0. The number of aromatic nitrogens is 1. The van der Waals surface area contributed by atoms with E-state index in [1.807, 2.05) is 17.0 Å². The number of nitrogens with zero attached hydrogens (tertiary/aromatic N) is 2. The van der Waals surface area contributed by atoms with Crippen molar-refractivity contribution in [1.29, 1.82) is 0 Å². The van der Waals surface area contributed by atoms with Crippen molar-refractivity contribution in [1.82, 2.24) is 14.8 Å². The van der Waals surface area contributed by atoms with Crippen LogP contribution in [0, 0.1) is 0 Å². The van der Waals surface area contributed by atoms with Crippen molar-refractivity contribution in [2.24, 2.45) is 0 Å². The summed E-state index contributed by atoms with van der Waals surface area (Å²) in [6.45, 7) is 4.49. The van der Waals surface area contributed by atoms with Crippen LogP contribution in [0.1, 0.15) is 17.4 Å². The quantitative estimate of drug-likeness (QED) is 0.874. The third-order valence-corrected chi connectivity index (χ3v) is 4.71. The van der Waals surface area contributed by atoms with Gasteiger partial charge in [0, 0.05) is 36.6 Å². The van der Waals surface area contributed by atoms with E-state index in [0.717, 1.165) is 18.6 Å². The molecule has 0 radical (unpaired) electrons. The molecule has 0 saturated carbocycles. The van der Waals surface area contributed by atoms with Crippen molar-refractivity contribution in [3.8, 4) is 0 Å². The van der Waals surface area contributed by atoms with E-state index in [4.69, 9.17) is 23.2 Å². The molecule has 0 bridgehead atoms. The molecule has 1 aromatic carbocycles. The molecule has 0 spiro atoms. The van der Waals surface area contributed by atoms with Crippen molar-refractivity contribution in [2.45, 2.75) is 13.0 Å². The standard InChI is InChI=1S/C15H17Cl2N3O/c1-9-8-19(2)6-7-20(9)15(21)14-13(17)12-10(16)4-3-5-11(12)18-14/h3-5,9,18H,6-8H2,1-2H3/t9-/m0/s1. The molecular weight excluding hydrogens is 309 g/mol. The van der Waals surface area contributed by atoms with E-state index in [2.05, 4.69) is 23.9 Å². The summed E-state index contributed by atoms with van der Waals surface area (Å²) in [4.78, 5) is 20.0. The summed E-state index contributed by atoms with van der Waals surface area (Å²) in [5.41, 5.74) is 1.22. The Morgan fingerprint density at radius 2 is 2.10 bits per heavy atom. The first-order chi connectivity index (χ1) is 9.99. The lowest BCUT2D eigenvalue weighted by Gasteiger charge is -2.38. The molecule has 1 saturated heterocycles. The molecule has 2 aromatic rings. The summed E-state index contributed by atoms with van der Waals surface area (Å²) in [7, 11) is 2.06. The summed E-state index contributed by atoms with van der Waals surface area (Å²) in [5.74, 6) is -0.0622. The summed E-state index contributed by atoms with van der Waals surface area (Å²) in [6, 6.07) is 5.65. The highest BCUT2D eigenvalue weighted by molar-refractivity contribution is 6.44. The number of hydrogen-bond donors (Lipinski definition) is 1. The van der Waals surface area contributed by atoms with Gasteiger partial charge in [-0.25, -0.2) is 0 Å². The van der Waals surface area contributed by atoms with E-state index in [9.17, 15) is 4.79 Å². The third-order valence-electron chi connectivity index (χ3n) is 4.02. The van der Waals surface area contributed by atoms with E-state index in [1.165, 1.54) is 0 Å². The Labute approximate surface area is 133 Å². The molecule has 1 amide bonds. The molecule has 1 atom stereocenters. The van der Waals surface area contributed by atoms with Crippen LogP contribution >= 0.6 is 23.2 Å². The second-order valence-electron chi connectivity index (χ2n) is 5.59. The van der Waals surface area contributed by atoms with Crippen molar-refractivity contribution in [3.63, 3.8) is 0 Å². The summed E-state index contributed by atoms with van der Waals surface area (Å²) >= 11 is 12.6. The van der Waals surface area contributed by atoms with Gasteiger partial charge in [0.1, 0.15) is 5.69 Å². The van der Waals surface area contributed by atoms with Crippen LogP contribution in [0.15, 0.2) is 18.2 Å². The van der Waals surface area contributed by atoms with Crippen LogP contribution in [0.3, 0.4) is 0 Å². The van der Waals surface area contributed by atoms with Gasteiger partial charge in [-0.15, -0.1) is 0 Å². The molecule has 1 aliphatic rings. The molecule has 1 N–H and O–H groups in total. The minimum Gasteiger partial charge on any atom is -0.349 e. The molecule has 3 rings (SSSR count). The lowest BCUT2D eigenvalue weighted by molar-refractivity contribution is 0.0529. The zero-order valence-corrected chi connectivity index (χ0v) is 13.5. The van der Waals surface area contributed by atoms with Gasteiger partial charge in [-0.3, -0.25) is 4.79 Å². The molecule has 0 aliphatic carbocycles. The fourth-order valence-electron chi connectivity index (χ4n) is 2.90. The van der Waals surface area contributed by atoms with Crippen LogP contribution < -0.4 is 0 Å². The number of piperazine rings is 1. The fourth-order valence-corrected chi connectivity index (χ4v) is 3.55. The third kappa shape index (κ3) is 2.52. The first kappa shape index (κ1) is 14.7. The number of amides is 1. The maximum atomic E-state index is 12.8. The molecule has 112 valence electrons. The Kier molecular flexibility index (Phi) is 3.86. The van der Waals surface area contributed by atoms with E-state index in [0.29, 0.717) is 27.7 Å². The Morgan fingerprint density at radius 3 is 2.76 bits per heavy atom. The van der Waals surface area contributed by atoms with Crippen LogP contribution in [0.25, 0.3) is 10.9 Å². The summed E-state index contributed by atoms with van der Waals surface area (Å²) in [5, 5.41) is 1.68. The number of carbonyl (C=O) groups excluding carboxylic acids is 1. The topological polar surface area (TPSA) is 39.3 Å². The second kappa shape index (κ2) is 5.52. The molecule has 0 unspecified atom stereocenters. The molecule has 1 aliphatic heterocycles. The molecular formula is C15H17Cl2N3O. The average Bonchev–Trinajstić information content (AvgIpc) is 2.77. The van der Waals surface area contributed by atoms with Crippen LogP contribution in [-0.4, -0.2) is 53.4 Å². The Balaban J connectivity index is 1.99. The lowest BCUT2D eigenvalue weighted by atomic mass is 10.2. The van der Waals surface area contributed by atoms with Crippen molar-refractivity contribution in [2.75, 3.05) is 26.7 Å². The van der Waals surface area contributed by atoms with Gasteiger partial charge in [0.2, 0.25) is 0 Å². The van der Waals surface area contributed by atoms with E-state index in [-0.39, 0.29) is 11.9 Å². The summed E-state index contributed by atoms with van der Waals surface area (Å²) in [6.07, 6.45) is 0. The van der Waals surface area contributed by atoms with Gasteiger partial charge >= 0.3 is 0 Å². The normalized spacial score (nSPS) is 20.2. The molecule has 2 heterocycles. The van der Waals surface area contributed by atoms with Crippen LogP contribution in [-0.2, 0) is 0 Å². The van der Waals surface area contributed by atoms with Gasteiger partial charge in [0.05, 0.1) is 10.0 Å². The smallest absolute Gasteiger partial charge is 0.272 e. The van der Waals surface area contributed by atoms with Gasteiger partial charge in [0.25, 0.3) is 5.91 Å². The number of H-pyrrole nitrogens is 1. The Bertz CT molecular complexity index is 698. The predicted molar refractivity (Wildman–Crippen MR) is 86.3 cm³/mol. The van der Waals surface area contributed by atoms with Gasteiger partial charge in [-0.05, 0) is 26.1 Å². The Morgan fingerprint density at radius 1 is 1.33 bits per heavy atom. The molecule has 4 nitrogen and oxygen atoms in total. The van der Waals surface area contributed by atoms with Crippen molar-refractivity contribution in [3.05, 3.63) is 33.9 Å². The molecule has 6 heteroatoms. The SMILES string of the molecule is C[C@H]1CN(C)CCN1C(=O)c1[nH]c2cccc(Cl)c2c1Cl. The van der Waals surface area contributed by atoms with Crippen LogP contribution in [0.4, 0.5) is 0 Å². The number of benzene rings is 1. The largest absolute Gasteiger partial charge is 0.349 e. The number of nitrogens with one attached hydrogen (secondary N) is 1. The van der Waals surface area contributed by atoms with Crippen LogP contribution in [0.5, 0.6) is 0 Å². The van der Waals surface area contributed by atoms with Crippen molar-refractivity contribution >= 4 is 40.0 Å².